The fraction of sp³-hybridized carbons (Fsp3) is 0.929. The topological polar surface area (TPSA) is 41.6 Å². The van der Waals surface area contributed by atoms with E-state index >= 15 is 0 Å². The van der Waals surface area contributed by atoms with Crippen molar-refractivity contribution in [2.24, 2.45) is 0 Å². The predicted molar refractivity (Wildman–Crippen MR) is 84.0 cm³/mol. The Bertz CT molecular complexity index is 242. The molecule has 0 aromatic carbocycles. The Balaban J connectivity index is 3.73. The third kappa shape index (κ3) is 11.1. The van der Waals surface area contributed by atoms with E-state index in [1.54, 1.807) is 4.90 Å². The highest BCUT2D eigenvalue weighted by atomic mass is 32.2. The Kier molecular flexibility index (Phi) is 10.1. The molecule has 0 aromatic heterocycles. The molecule has 0 aromatic rings. The molecular formula is C14H30N2O2S. The summed E-state index contributed by atoms with van der Waals surface area (Å²) in [5.74, 6) is 2.38. The smallest absolute Gasteiger partial charge is 0.410 e. The minimum atomic E-state index is -0.421. The highest BCUT2D eigenvalue weighted by molar-refractivity contribution is 7.99. The molecule has 0 aliphatic rings. The number of nitrogens with one attached hydrogen (secondary N) is 1. The molecule has 0 radical (unpaired) electrons. The zero-order chi connectivity index (χ0) is 14.7. The molecule has 0 atom stereocenters. The van der Waals surface area contributed by atoms with E-state index < -0.39 is 5.60 Å². The van der Waals surface area contributed by atoms with Crippen LogP contribution in [0.1, 0.15) is 41.0 Å². The first-order valence-corrected chi connectivity index (χ1v) is 8.32. The van der Waals surface area contributed by atoms with Crippen LogP contribution in [0.25, 0.3) is 0 Å². The highest BCUT2D eigenvalue weighted by Gasteiger charge is 2.20. The number of thioether (sulfide) groups is 1. The third-order valence-electron chi connectivity index (χ3n) is 2.44. The maximum Gasteiger partial charge on any atom is 0.410 e. The first-order chi connectivity index (χ1) is 8.90. The summed E-state index contributed by atoms with van der Waals surface area (Å²) in [6, 6.07) is 0. The fourth-order valence-corrected chi connectivity index (χ4v) is 2.12. The van der Waals surface area contributed by atoms with Gasteiger partial charge in [-0.15, -0.1) is 0 Å². The molecule has 19 heavy (non-hydrogen) atoms. The van der Waals surface area contributed by atoms with Crippen LogP contribution in [0, 0.1) is 0 Å². The second-order valence-electron chi connectivity index (χ2n) is 5.36. The molecule has 0 fully saturated rings. The van der Waals surface area contributed by atoms with Gasteiger partial charge < -0.3 is 15.0 Å². The number of nitrogens with zero attached hydrogens (tertiary/aromatic N) is 1. The standard InChI is InChI=1S/C14H30N2O2S/c1-6-16(13(17)18-14(3,4)5)11-10-15-9-8-12-19-7-2/h15H,6-12H2,1-5H3. The van der Waals surface area contributed by atoms with Crippen molar-refractivity contribution in [1.82, 2.24) is 10.2 Å². The molecule has 0 bridgehead atoms. The number of ether oxygens (including phenoxy) is 1. The minimum absolute atomic E-state index is 0.224. The van der Waals surface area contributed by atoms with E-state index in [0.717, 1.165) is 13.1 Å². The zero-order valence-corrected chi connectivity index (χ0v) is 13.9. The van der Waals surface area contributed by atoms with E-state index in [0.29, 0.717) is 13.1 Å². The molecule has 0 rings (SSSR count). The van der Waals surface area contributed by atoms with Crippen molar-refractivity contribution < 1.29 is 9.53 Å². The molecule has 0 saturated heterocycles. The summed E-state index contributed by atoms with van der Waals surface area (Å²) in [4.78, 5) is 13.6. The van der Waals surface area contributed by atoms with Gasteiger partial charge in [0.25, 0.3) is 0 Å². The lowest BCUT2D eigenvalue weighted by atomic mass is 10.2. The largest absolute Gasteiger partial charge is 0.444 e. The van der Waals surface area contributed by atoms with Crippen molar-refractivity contribution in [1.29, 1.82) is 0 Å². The molecule has 0 aliphatic heterocycles. The summed E-state index contributed by atoms with van der Waals surface area (Å²) in [5, 5.41) is 3.36. The maximum atomic E-state index is 11.9. The Morgan fingerprint density at radius 3 is 2.47 bits per heavy atom. The summed E-state index contributed by atoms with van der Waals surface area (Å²) >= 11 is 1.96. The monoisotopic (exact) mass is 290 g/mol. The number of hydrogen-bond acceptors (Lipinski definition) is 4. The summed E-state index contributed by atoms with van der Waals surface area (Å²) in [7, 11) is 0. The van der Waals surface area contributed by atoms with Crippen LogP contribution in [0.3, 0.4) is 0 Å². The lowest BCUT2D eigenvalue weighted by Crippen LogP contribution is -2.40. The van der Waals surface area contributed by atoms with Gasteiger partial charge in [0.15, 0.2) is 0 Å². The zero-order valence-electron chi connectivity index (χ0n) is 13.1. The number of rotatable bonds is 9. The maximum absolute atomic E-state index is 11.9. The molecule has 0 saturated carbocycles. The lowest BCUT2D eigenvalue weighted by Gasteiger charge is -2.26. The van der Waals surface area contributed by atoms with Crippen LogP contribution in [0.15, 0.2) is 0 Å². The van der Waals surface area contributed by atoms with Crippen LogP contribution in [0.5, 0.6) is 0 Å². The highest BCUT2D eigenvalue weighted by Crippen LogP contribution is 2.09. The molecule has 1 N–H and O–H groups in total. The van der Waals surface area contributed by atoms with Crippen LogP contribution < -0.4 is 5.32 Å². The normalized spacial score (nSPS) is 11.4. The van der Waals surface area contributed by atoms with Crippen LogP contribution >= 0.6 is 11.8 Å². The number of carbonyl (C=O) groups is 1. The SMILES string of the molecule is CCSCCCNCCN(CC)C(=O)OC(C)(C)C. The van der Waals surface area contributed by atoms with Gasteiger partial charge in [0.1, 0.15) is 5.60 Å². The van der Waals surface area contributed by atoms with Crippen molar-refractivity contribution >= 4 is 17.9 Å². The molecule has 0 spiro atoms. The minimum Gasteiger partial charge on any atom is -0.444 e. The van der Waals surface area contributed by atoms with Gasteiger partial charge in [0.2, 0.25) is 0 Å². The molecular weight excluding hydrogens is 260 g/mol. The van der Waals surface area contributed by atoms with E-state index in [1.165, 1.54) is 17.9 Å². The Hall–Kier alpha value is -0.420. The summed E-state index contributed by atoms with van der Waals surface area (Å²) < 4.78 is 5.36. The van der Waals surface area contributed by atoms with E-state index in [1.807, 2.05) is 39.5 Å². The van der Waals surface area contributed by atoms with Crippen molar-refractivity contribution in [2.75, 3.05) is 37.7 Å². The van der Waals surface area contributed by atoms with Gasteiger partial charge in [-0.25, -0.2) is 4.79 Å². The molecule has 0 unspecified atom stereocenters. The predicted octanol–water partition coefficient (Wildman–Crippen LogP) is 2.98. The average Bonchev–Trinajstić information content (AvgIpc) is 2.30. The average molecular weight is 290 g/mol. The third-order valence-corrected chi connectivity index (χ3v) is 3.42. The Morgan fingerprint density at radius 1 is 1.26 bits per heavy atom. The lowest BCUT2D eigenvalue weighted by molar-refractivity contribution is 0.0262. The van der Waals surface area contributed by atoms with Gasteiger partial charge in [-0.1, -0.05) is 6.92 Å². The summed E-state index contributed by atoms with van der Waals surface area (Å²) in [6.45, 7) is 13.0. The first kappa shape index (κ1) is 18.6. The van der Waals surface area contributed by atoms with Gasteiger partial charge in [-0.2, -0.15) is 11.8 Å². The summed E-state index contributed by atoms with van der Waals surface area (Å²) in [5.41, 5.74) is -0.421. The van der Waals surface area contributed by atoms with E-state index in [2.05, 4.69) is 12.2 Å². The molecule has 0 heterocycles. The second-order valence-corrected chi connectivity index (χ2v) is 6.75. The fourth-order valence-electron chi connectivity index (χ4n) is 1.49. The number of likely N-dealkylation sites (N-methyl/N-ethyl adjacent to an activating group) is 1. The first-order valence-electron chi connectivity index (χ1n) is 7.17. The van der Waals surface area contributed by atoms with Crippen molar-refractivity contribution in [2.45, 2.75) is 46.6 Å². The van der Waals surface area contributed by atoms with Crippen molar-refractivity contribution in [3.63, 3.8) is 0 Å². The van der Waals surface area contributed by atoms with E-state index in [9.17, 15) is 4.79 Å². The van der Waals surface area contributed by atoms with Gasteiger partial charge >= 0.3 is 6.09 Å². The number of carbonyl (C=O) groups excluding carboxylic acids is 1. The van der Waals surface area contributed by atoms with Crippen LogP contribution in [0.2, 0.25) is 0 Å². The van der Waals surface area contributed by atoms with Crippen molar-refractivity contribution in [3.8, 4) is 0 Å². The molecule has 4 nitrogen and oxygen atoms in total. The number of amides is 1. The molecule has 114 valence electrons. The number of hydrogen-bond donors (Lipinski definition) is 1. The second kappa shape index (κ2) is 10.4. The van der Waals surface area contributed by atoms with Gasteiger partial charge in [0, 0.05) is 19.6 Å². The molecule has 5 heteroatoms. The molecule has 1 amide bonds. The van der Waals surface area contributed by atoms with Crippen LogP contribution in [0.4, 0.5) is 4.79 Å². The van der Waals surface area contributed by atoms with Crippen LogP contribution in [-0.2, 0) is 4.74 Å². The Morgan fingerprint density at radius 2 is 1.95 bits per heavy atom. The van der Waals surface area contributed by atoms with Gasteiger partial charge in [-0.3, -0.25) is 0 Å². The van der Waals surface area contributed by atoms with E-state index in [4.69, 9.17) is 4.74 Å². The van der Waals surface area contributed by atoms with Crippen molar-refractivity contribution in [3.05, 3.63) is 0 Å². The quantitative estimate of drug-likeness (QED) is 0.663. The molecule has 0 aliphatic carbocycles. The van der Waals surface area contributed by atoms with Gasteiger partial charge in [-0.05, 0) is 52.2 Å². The van der Waals surface area contributed by atoms with Gasteiger partial charge in [0.05, 0.1) is 0 Å². The van der Waals surface area contributed by atoms with E-state index in [-0.39, 0.29) is 6.09 Å². The van der Waals surface area contributed by atoms with Crippen LogP contribution in [-0.4, -0.2) is 54.3 Å². The Labute approximate surface area is 122 Å². The summed E-state index contributed by atoms with van der Waals surface area (Å²) in [6.07, 6.45) is 0.954.